The summed E-state index contributed by atoms with van der Waals surface area (Å²) in [5.74, 6) is 1.77. The van der Waals surface area contributed by atoms with E-state index < -0.39 is 0 Å². The molecule has 0 saturated carbocycles. The SMILES string of the molecule is CN=C(NCCCC(=O)N1CCc2ccccc2C1)N1CCC(COC)C1. The highest BCUT2D eigenvalue weighted by Crippen LogP contribution is 2.19. The molecule has 1 aromatic carbocycles. The molecule has 148 valence electrons. The van der Waals surface area contributed by atoms with Gasteiger partial charge in [-0.2, -0.15) is 0 Å². The van der Waals surface area contributed by atoms with E-state index >= 15 is 0 Å². The summed E-state index contributed by atoms with van der Waals surface area (Å²) >= 11 is 0. The number of amides is 1. The predicted octanol–water partition coefficient (Wildman–Crippen LogP) is 1.90. The lowest BCUT2D eigenvalue weighted by atomic mass is 9.99. The highest BCUT2D eigenvalue weighted by molar-refractivity contribution is 5.80. The topological polar surface area (TPSA) is 57.2 Å². The fraction of sp³-hybridized carbons (Fsp3) is 0.619. The van der Waals surface area contributed by atoms with Gasteiger partial charge in [0.1, 0.15) is 0 Å². The summed E-state index contributed by atoms with van der Waals surface area (Å²) in [6.07, 6.45) is 3.51. The van der Waals surface area contributed by atoms with Crippen molar-refractivity contribution in [3.8, 4) is 0 Å². The quantitative estimate of drug-likeness (QED) is 0.471. The number of hydrogen-bond donors (Lipinski definition) is 1. The van der Waals surface area contributed by atoms with Crippen molar-refractivity contribution in [2.75, 3.05) is 46.9 Å². The number of benzene rings is 1. The Balaban J connectivity index is 1.38. The molecule has 1 unspecified atom stereocenters. The van der Waals surface area contributed by atoms with Crippen molar-refractivity contribution in [1.82, 2.24) is 15.1 Å². The van der Waals surface area contributed by atoms with Crippen LogP contribution >= 0.6 is 0 Å². The van der Waals surface area contributed by atoms with Crippen molar-refractivity contribution in [2.45, 2.75) is 32.2 Å². The Bertz CT molecular complexity index is 661. The predicted molar refractivity (Wildman–Crippen MR) is 108 cm³/mol. The summed E-state index contributed by atoms with van der Waals surface area (Å²) in [4.78, 5) is 21.2. The molecule has 1 saturated heterocycles. The molecule has 0 aromatic heterocycles. The number of rotatable bonds is 6. The summed E-state index contributed by atoms with van der Waals surface area (Å²) in [6, 6.07) is 8.43. The van der Waals surface area contributed by atoms with E-state index in [1.807, 2.05) is 11.9 Å². The van der Waals surface area contributed by atoms with Crippen molar-refractivity contribution in [1.29, 1.82) is 0 Å². The molecule has 2 heterocycles. The first-order chi connectivity index (χ1) is 13.2. The Morgan fingerprint density at radius 3 is 2.85 bits per heavy atom. The van der Waals surface area contributed by atoms with E-state index in [1.54, 1.807) is 7.11 Å². The van der Waals surface area contributed by atoms with Gasteiger partial charge in [0.15, 0.2) is 5.96 Å². The van der Waals surface area contributed by atoms with Crippen LogP contribution in [0.5, 0.6) is 0 Å². The van der Waals surface area contributed by atoms with E-state index in [-0.39, 0.29) is 5.91 Å². The second-order valence-electron chi connectivity index (χ2n) is 7.47. The van der Waals surface area contributed by atoms with E-state index in [4.69, 9.17) is 4.74 Å². The zero-order valence-corrected chi connectivity index (χ0v) is 16.6. The van der Waals surface area contributed by atoms with E-state index in [0.29, 0.717) is 12.3 Å². The van der Waals surface area contributed by atoms with Gasteiger partial charge in [-0.25, -0.2) is 0 Å². The Kier molecular flexibility index (Phi) is 7.10. The zero-order valence-electron chi connectivity index (χ0n) is 16.6. The standard InChI is InChI=1S/C21H32N4O2/c1-22-21(25-12-9-17(14-25)16-27-2)23-11-5-8-20(26)24-13-10-18-6-3-4-7-19(18)15-24/h3-4,6-7,17H,5,8-16H2,1-2H3,(H,22,23). The molecule has 6 heteroatoms. The Labute approximate surface area is 162 Å². The second kappa shape index (κ2) is 9.74. The first kappa shape index (κ1) is 19.7. The third-order valence-electron chi connectivity index (χ3n) is 5.53. The molecule has 3 rings (SSSR count). The van der Waals surface area contributed by atoms with Crippen LogP contribution in [0.2, 0.25) is 0 Å². The molecule has 0 spiro atoms. The van der Waals surface area contributed by atoms with Gasteiger partial charge in [0, 0.05) is 59.2 Å². The number of guanidine groups is 1. The van der Waals surface area contributed by atoms with Crippen molar-refractivity contribution < 1.29 is 9.53 Å². The number of carbonyl (C=O) groups excluding carboxylic acids is 1. The van der Waals surface area contributed by atoms with Crippen LogP contribution in [0.3, 0.4) is 0 Å². The average Bonchev–Trinajstić information content (AvgIpc) is 3.16. The number of aliphatic imine (C=N–C) groups is 1. The maximum absolute atomic E-state index is 12.5. The number of methoxy groups -OCH3 is 1. The van der Waals surface area contributed by atoms with Crippen molar-refractivity contribution in [3.05, 3.63) is 35.4 Å². The van der Waals surface area contributed by atoms with Crippen LogP contribution in [0.15, 0.2) is 29.3 Å². The molecule has 1 aromatic rings. The van der Waals surface area contributed by atoms with Gasteiger partial charge >= 0.3 is 0 Å². The molecule has 0 bridgehead atoms. The average molecular weight is 373 g/mol. The number of likely N-dealkylation sites (tertiary alicyclic amines) is 1. The number of hydrogen-bond acceptors (Lipinski definition) is 3. The lowest BCUT2D eigenvalue weighted by Crippen LogP contribution is -2.41. The molecule has 1 N–H and O–H groups in total. The first-order valence-electron chi connectivity index (χ1n) is 10.0. The Morgan fingerprint density at radius 1 is 1.26 bits per heavy atom. The molecular formula is C21H32N4O2. The summed E-state index contributed by atoms with van der Waals surface area (Å²) in [6.45, 7) is 5.16. The third-order valence-corrected chi connectivity index (χ3v) is 5.53. The minimum absolute atomic E-state index is 0.252. The molecule has 2 aliphatic rings. The molecule has 0 aliphatic carbocycles. The highest BCUT2D eigenvalue weighted by atomic mass is 16.5. The van der Waals surface area contributed by atoms with Crippen LogP contribution in [-0.4, -0.2) is 68.6 Å². The van der Waals surface area contributed by atoms with Crippen LogP contribution in [0.1, 0.15) is 30.4 Å². The molecule has 2 aliphatic heterocycles. The van der Waals surface area contributed by atoms with E-state index in [1.165, 1.54) is 11.1 Å². The summed E-state index contributed by atoms with van der Waals surface area (Å²) in [7, 11) is 3.58. The monoisotopic (exact) mass is 372 g/mol. The van der Waals surface area contributed by atoms with Gasteiger partial charge < -0.3 is 19.9 Å². The largest absolute Gasteiger partial charge is 0.384 e. The molecule has 1 atom stereocenters. The van der Waals surface area contributed by atoms with Crippen molar-refractivity contribution in [3.63, 3.8) is 0 Å². The molecule has 27 heavy (non-hydrogen) atoms. The molecule has 6 nitrogen and oxygen atoms in total. The van der Waals surface area contributed by atoms with Gasteiger partial charge in [0.2, 0.25) is 5.91 Å². The third kappa shape index (κ3) is 5.22. The van der Waals surface area contributed by atoms with Gasteiger partial charge in [0.05, 0.1) is 6.61 Å². The lowest BCUT2D eigenvalue weighted by Gasteiger charge is -2.29. The fourth-order valence-corrected chi connectivity index (χ4v) is 4.04. The van der Waals surface area contributed by atoms with Gasteiger partial charge in [-0.3, -0.25) is 9.79 Å². The Hall–Kier alpha value is -2.08. The number of ether oxygens (including phenoxy) is 1. The van der Waals surface area contributed by atoms with Gasteiger partial charge in [-0.05, 0) is 30.4 Å². The van der Waals surface area contributed by atoms with Gasteiger partial charge in [-0.15, -0.1) is 0 Å². The van der Waals surface area contributed by atoms with Gasteiger partial charge in [-0.1, -0.05) is 24.3 Å². The maximum Gasteiger partial charge on any atom is 0.222 e. The van der Waals surface area contributed by atoms with Crippen LogP contribution in [0.4, 0.5) is 0 Å². The number of nitrogens with zero attached hydrogens (tertiary/aromatic N) is 3. The summed E-state index contributed by atoms with van der Waals surface area (Å²) in [5.41, 5.74) is 2.67. The minimum Gasteiger partial charge on any atom is -0.384 e. The maximum atomic E-state index is 12.5. The minimum atomic E-state index is 0.252. The molecule has 0 radical (unpaired) electrons. The van der Waals surface area contributed by atoms with Gasteiger partial charge in [0.25, 0.3) is 0 Å². The van der Waals surface area contributed by atoms with Crippen LogP contribution in [0, 0.1) is 5.92 Å². The molecule has 1 fully saturated rings. The van der Waals surface area contributed by atoms with E-state index in [2.05, 4.69) is 39.5 Å². The van der Waals surface area contributed by atoms with Crippen molar-refractivity contribution >= 4 is 11.9 Å². The Morgan fingerprint density at radius 2 is 2.07 bits per heavy atom. The summed E-state index contributed by atoms with van der Waals surface area (Å²) < 4.78 is 5.26. The zero-order chi connectivity index (χ0) is 19.1. The van der Waals surface area contributed by atoms with Crippen LogP contribution < -0.4 is 5.32 Å². The lowest BCUT2D eigenvalue weighted by molar-refractivity contribution is -0.132. The fourth-order valence-electron chi connectivity index (χ4n) is 4.04. The smallest absolute Gasteiger partial charge is 0.222 e. The van der Waals surface area contributed by atoms with Crippen LogP contribution in [-0.2, 0) is 22.5 Å². The summed E-state index contributed by atoms with van der Waals surface area (Å²) in [5, 5.41) is 3.41. The van der Waals surface area contributed by atoms with E-state index in [9.17, 15) is 4.79 Å². The molecule has 1 amide bonds. The number of carbonyl (C=O) groups is 1. The van der Waals surface area contributed by atoms with Crippen LogP contribution in [0.25, 0.3) is 0 Å². The number of fused-ring (bicyclic) bond motifs is 1. The van der Waals surface area contributed by atoms with E-state index in [0.717, 1.165) is 64.6 Å². The second-order valence-corrected chi connectivity index (χ2v) is 7.47. The number of nitrogens with one attached hydrogen (secondary N) is 1. The molecular weight excluding hydrogens is 340 g/mol. The first-order valence-corrected chi connectivity index (χ1v) is 10.0. The van der Waals surface area contributed by atoms with Crippen molar-refractivity contribution in [2.24, 2.45) is 10.9 Å². The highest BCUT2D eigenvalue weighted by Gasteiger charge is 2.24. The normalized spacial score (nSPS) is 19.9.